The van der Waals surface area contributed by atoms with Crippen molar-refractivity contribution in [2.45, 2.75) is 137 Å². The Morgan fingerprint density at radius 1 is 0.881 bits per heavy atom. The van der Waals surface area contributed by atoms with Gasteiger partial charge in [-0.2, -0.15) is 0 Å². The van der Waals surface area contributed by atoms with Crippen LogP contribution in [0, 0.1) is 46.3 Å². The van der Waals surface area contributed by atoms with Crippen LogP contribution in [0.5, 0.6) is 0 Å². The van der Waals surface area contributed by atoms with E-state index in [1.165, 1.54) is 64.2 Å². The average Bonchev–Trinajstić information content (AvgIpc) is 3.32. The van der Waals surface area contributed by atoms with Gasteiger partial charge < -0.3 is 26.4 Å². The van der Waals surface area contributed by atoms with Crippen molar-refractivity contribution < 1.29 is 9.53 Å². The summed E-state index contributed by atoms with van der Waals surface area (Å²) in [6.07, 6.45) is 17.6. The molecule has 4 fully saturated rings. The standard InChI is InChI=1S/C36H68N4O2/c1-26(2)42-34(41)14-9-27(3)31-12-13-32-30-11-10-28-25-29(15-17-35(28,4)33(30)16-18-36(31,32)5)39-21-8-24-40(22-6-19-37)23-7-20-38/h26-33,39H,6-25,37-38H2,1-5H3/t27-,28?,29+,30?,31?,32?,33?,35+,36-/m1/s1. The van der Waals surface area contributed by atoms with Gasteiger partial charge in [-0.3, -0.25) is 4.79 Å². The van der Waals surface area contributed by atoms with Crippen LogP contribution in [0.2, 0.25) is 0 Å². The maximum atomic E-state index is 12.2. The molecule has 0 amide bonds. The Hall–Kier alpha value is -0.690. The zero-order valence-electron chi connectivity index (χ0n) is 28.2. The molecule has 0 aliphatic heterocycles. The molecule has 5 unspecified atom stereocenters. The van der Waals surface area contributed by atoms with Gasteiger partial charge in [0.2, 0.25) is 0 Å². The van der Waals surface area contributed by atoms with Gasteiger partial charge in [0, 0.05) is 12.5 Å². The second-order valence-corrected chi connectivity index (χ2v) is 15.8. The summed E-state index contributed by atoms with van der Waals surface area (Å²) in [7, 11) is 0. The van der Waals surface area contributed by atoms with Crippen molar-refractivity contribution in [1.29, 1.82) is 0 Å². The Labute approximate surface area is 259 Å². The van der Waals surface area contributed by atoms with Crippen LogP contribution in [0.1, 0.15) is 125 Å². The molecule has 0 heterocycles. The molecule has 42 heavy (non-hydrogen) atoms. The summed E-state index contributed by atoms with van der Waals surface area (Å²) in [6.45, 7) is 17.7. The van der Waals surface area contributed by atoms with Crippen LogP contribution in [-0.2, 0) is 9.53 Å². The van der Waals surface area contributed by atoms with Gasteiger partial charge in [0.15, 0.2) is 0 Å². The fraction of sp³-hybridized carbons (Fsp3) is 0.972. The van der Waals surface area contributed by atoms with Crippen molar-refractivity contribution in [1.82, 2.24) is 10.2 Å². The largest absolute Gasteiger partial charge is 0.463 e. The number of carbonyl (C=O) groups is 1. The van der Waals surface area contributed by atoms with Crippen LogP contribution >= 0.6 is 0 Å². The van der Waals surface area contributed by atoms with E-state index >= 15 is 0 Å². The first-order chi connectivity index (χ1) is 20.1. The quantitative estimate of drug-likeness (QED) is 0.143. The molecule has 6 nitrogen and oxygen atoms in total. The highest BCUT2D eigenvalue weighted by molar-refractivity contribution is 5.69. The number of hydrogen-bond donors (Lipinski definition) is 3. The monoisotopic (exact) mass is 589 g/mol. The minimum Gasteiger partial charge on any atom is -0.463 e. The lowest BCUT2D eigenvalue weighted by atomic mass is 9.44. The van der Waals surface area contributed by atoms with Gasteiger partial charge in [-0.1, -0.05) is 20.8 Å². The highest BCUT2D eigenvalue weighted by Gasteiger charge is 2.60. The van der Waals surface area contributed by atoms with Crippen molar-refractivity contribution in [3.63, 3.8) is 0 Å². The molecule has 0 aromatic carbocycles. The van der Waals surface area contributed by atoms with Crippen LogP contribution in [0.15, 0.2) is 0 Å². The summed E-state index contributed by atoms with van der Waals surface area (Å²) in [5.41, 5.74) is 12.5. The van der Waals surface area contributed by atoms with Gasteiger partial charge in [-0.25, -0.2) is 0 Å². The Bertz CT molecular complexity index is 829. The molecular weight excluding hydrogens is 520 g/mol. The van der Waals surface area contributed by atoms with Crippen molar-refractivity contribution >= 4 is 5.97 Å². The lowest BCUT2D eigenvalue weighted by Crippen LogP contribution is -2.55. The average molecular weight is 589 g/mol. The molecule has 0 aromatic rings. The number of rotatable bonds is 16. The lowest BCUT2D eigenvalue weighted by molar-refractivity contribution is -0.148. The molecule has 4 aliphatic rings. The number of nitrogens with zero attached hydrogens (tertiary/aromatic N) is 1. The first-order valence-electron chi connectivity index (χ1n) is 18.2. The van der Waals surface area contributed by atoms with Gasteiger partial charge in [0.05, 0.1) is 6.10 Å². The molecule has 0 bridgehead atoms. The van der Waals surface area contributed by atoms with Crippen LogP contribution in [0.3, 0.4) is 0 Å². The zero-order chi connectivity index (χ0) is 30.3. The summed E-state index contributed by atoms with van der Waals surface area (Å²) >= 11 is 0. The first-order valence-corrected chi connectivity index (χ1v) is 18.2. The van der Waals surface area contributed by atoms with Crippen LogP contribution in [-0.4, -0.2) is 62.3 Å². The second kappa shape index (κ2) is 15.5. The van der Waals surface area contributed by atoms with E-state index in [9.17, 15) is 4.79 Å². The highest BCUT2D eigenvalue weighted by Crippen LogP contribution is 2.68. The molecule has 4 saturated carbocycles. The van der Waals surface area contributed by atoms with E-state index in [1.54, 1.807) is 0 Å². The summed E-state index contributed by atoms with van der Waals surface area (Å²) in [5, 5.41) is 3.99. The zero-order valence-corrected chi connectivity index (χ0v) is 28.2. The third-order valence-electron chi connectivity index (χ3n) is 13.0. The Morgan fingerprint density at radius 2 is 1.55 bits per heavy atom. The maximum Gasteiger partial charge on any atom is 0.306 e. The van der Waals surface area contributed by atoms with E-state index in [0.29, 0.717) is 29.2 Å². The minimum absolute atomic E-state index is 0.00657. The minimum atomic E-state index is -0.0106. The van der Waals surface area contributed by atoms with Gasteiger partial charge in [0.1, 0.15) is 0 Å². The second-order valence-electron chi connectivity index (χ2n) is 15.8. The topological polar surface area (TPSA) is 93.6 Å². The molecule has 0 radical (unpaired) electrons. The SMILES string of the molecule is CC(C)OC(=O)CC[C@@H](C)C1CCC2C3CCC4C[C@@H](NCCCN(CCCN)CCCN)CC[C@]4(C)C3CC[C@@]21C. The van der Waals surface area contributed by atoms with Crippen molar-refractivity contribution in [2.24, 2.45) is 57.8 Å². The number of esters is 1. The molecule has 0 saturated heterocycles. The lowest BCUT2D eigenvalue weighted by Gasteiger charge is -2.61. The Balaban J connectivity index is 1.26. The number of fused-ring (bicyclic) bond motifs is 5. The van der Waals surface area contributed by atoms with Gasteiger partial charge in [0.25, 0.3) is 0 Å². The first kappa shape index (κ1) is 34.2. The molecule has 0 spiro atoms. The van der Waals surface area contributed by atoms with Crippen LogP contribution in [0.4, 0.5) is 0 Å². The normalized spacial score (nSPS) is 36.9. The Morgan fingerprint density at radius 3 is 2.24 bits per heavy atom. The third kappa shape index (κ3) is 7.93. The number of carbonyl (C=O) groups excluding carboxylic acids is 1. The van der Waals surface area contributed by atoms with Gasteiger partial charge in [-0.15, -0.1) is 0 Å². The molecule has 0 aromatic heterocycles. The highest BCUT2D eigenvalue weighted by atomic mass is 16.5. The summed E-state index contributed by atoms with van der Waals surface area (Å²) < 4.78 is 5.44. The molecular formula is C36H68N4O2. The van der Waals surface area contributed by atoms with E-state index in [4.69, 9.17) is 16.2 Å². The van der Waals surface area contributed by atoms with Crippen molar-refractivity contribution in [2.75, 3.05) is 39.3 Å². The predicted octanol–water partition coefficient (Wildman–Crippen LogP) is 6.36. The number of hydrogen-bond acceptors (Lipinski definition) is 6. The van der Waals surface area contributed by atoms with Gasteiger partial charge in [-0.05, 0) is 183 Å². The smallest absolute Gasteiger partial charge is 0.306 e. The van der Waals surface area contributed by atoms with Crippen LogP contribution in [0.25, 0.3) is 0 Å². The van der Waals surface area contributed by atoms with Crippen molar-refractivity contribution in [3.8, 4) is 0 Å². The number of nitrogens with one attached hydrogen (secondary N) is 1. The predicted molar refractivity (Wildman–Crippen MR) is 175 cm³/mol. The summed E-state index contributed by atoms with van der Waals surface area (Å²) in [6, 6.07) is 0.703. The van der Waals surface area contributed by atoms with E-state index < -0.39 is 0 Å². The number of nitrogens with two attached hydrogens (primary N) is 2. The van der Waals surface area contributed by atoms with E-state index in [2.05, 4.69) is 31.0 Å². The van der Waals surface area contributed by atoms with E-state index in [1.807, 2.05) is 13.8 Å². The molecule has 4 rings (SSSR count). The molecule has 4 aliphatic carbocycles. The van der Waals surface area contributed by atoms with E-state index in [0.717, 1.165) is 88.1 Å². The Kier molecular flexibility index (Phi) is 12.7. The van der Waals surface area contributed by atoms with Gasteiger partial charge >= 0.3 is 5.97 Å². The maximum absolute atomic E-state index is 12.2. The molecule has 9 atom stereocenters. The third-order valence-corrected chi connectivity index (χ3v) is 13.0. The fourth-order valence-electron chi connectivity index (χ4n) is 10.9. The summed E-state index contributed by atoms with van der Waals surface area (Å²) in [4.78, 5) is 14.8. The molecule has 6 heteroatoms. The number of ether oxygens (including phenoxy) is 1. The van der Waals surface area contributed by atoms with E-state index in [-0.39, 0.29) is 12.1 Å². The molecule has 5 N–H and O–H groups in total. The molecule has 244 valence electrons. The summed E-state index contributed by atoms with van der Waals surface area (Å²) in [5.74, 6) is 4.99. The fourth-order valence-corrected chi connectivity index (χ4v) is 10.9. The van der Waals surface area contributed by atoms with Crippen LogP contribution < -0.4 is 16.8 Å². The van der Waals surface area contributed by atoms with Crippen molar-refractivity contribution in [3.05, 3.63) is 0 Å².